The number of rotatable bonds is 5. The third kappa shape index (κ3) is 3.96. The number of nitrogens with zero attached hydrogens (tertiary/aromatic N) is 3. The van der Waals surface area contributed by atoms with Gasteiger partial charge in [-0.1, -0.05) is 30.3 Å². The van der Waals surface area contributed by atoms with E-state index in [4.69, 9.17) is 0 Å². The molecule has 31 heavy (non-hydrogen) atoms. The van der Waals surface area contributed by atoms with Gasteiger partial charge < -0.3 is 5.32 Å². The lowest BCUT2D eigenvalue weighted by molar-refractivity contribution is -0.132. The molecular formula is C23H23N5O3. The number of carbonyl (C=O) groups excluding carboxylic acids is 3. The zero-order chi connectivity index (χ0) is 22.2. The molecule has 0 saturated carbocycles. The van der Waals surface area contributed by atoms with Gasteiger partial charge in [-0.15, -0.1) is 0 Å². The predicted molar refractivity (Wildman–Crippen MR) is 115 cm³/mol. The van der Waals surface area contributed by atoms with Crippen molar-refractivity contribution >= 4 is 28.9 Å². The van der Waals surface area contributed by atoms with Crippen molar-refractivity contribution in [3.63, 3.8) is 0 Å². The molecule has 0 radical (unpaired) electrons. The molecule has 1 aliphatic rings. The van der Waals surface area contributed by atoms with Crippen molar-refractivity contribution in [2.24, 2.45) is 0 Å². The fraction of sp³-hybridized carbons (Fsp3) is 0.261. The topological polar surface area (TPSA) is 104 Å². The molecule has 4 amide bonds. The lowest BCUT2D eigenvalue weighted by Crippen LogP contribution is -2.48. The van der Waals surface area contributed by atoms with Gasteiger partial charge in [-0.25, -0.2) is 14.8 Å². The van der Waals surface area contributed by atoms with E-state index in [9.17, 15) is 14.4 Å². The Labute approximate surface area is 179 Å². The minimum Gasteiger partial charge on any atom is -0.322 e. The summed E-state index contributed by atoms with van der Waals surface area (Å²) in [4.78, 5) is 47.0. The molecule has 2 N–H and O–H groups in total. The monoisotopic (exact) mass is 417 g/mol. The number of aromatic nitrogens is 2. The molecule has 2 heterocycles. The molecule has 1 aromatic heterocycles. The number of nitrogens with one attached hydrogen (secondary N) is 2. The second kappa shape index (κ2) is 7.79. The predicted octanol–water partition coefficient (Wildman–Crippen LogP) is 2.83. The zero-order valence-electron chi connectivity index (χ0n) is 17.6. The number of amides is 4. The quantitative estimate of drug-likeness (QED) is 0.621. The molecule has 0 bridgehead atoms. The maximum absolute atomic E-state index is 12.9. The van der Waals surface area contributed by atoms with E-state index in [1.165, 1.54) is 0 Å². The van der Waals surface area contributed by atoms with E-state index >= 15 is 0 Å². The number of fused-ring (bicyclic) bond motifs is 1. The van der Waals surface area contributed by atoms with Crippen LogP contribution in [0.4, 0.5) is 4.79 Å². The Hall–Kier alpha value is -3.81. The number of hydrogen-bond acceptors (Lipinski definition) is 5. The Morgan fingerprint density at radius 1 is 1.03 bits per heavy atom. The van der Waals surface area contributed by atoms with Crippen LogP contribution >= 0.6 is 0 Å². The molecule has 8 heteroatoms. The lowest BCUT2D eigenvalue weighted by atomic mass is 9.93. The van der Waals surface area contributed by atoms with Crippen molar-refractivity contribution in [3.05, 3.63) is 71.0 Å². The van der Waals surface area contributed by atoms with Crippen LogP contribution in [0.1, 0.15) is 40.7 Å². The first-order chi connectivity index (χ1) is 14.8. The van der Waals surface area contributed by atoms with E-state index in [2.05, 4.69) is 20.7 Å². The summed E-state index contributed by atoms with van der Waals surface area (Å²) < 4.78 is 0. The van der Waals surface area contributed by atoms with E-state index in [1.54, 1.807) is 25.1 Å². The Morgan fingerprint density at radius 2 is 1.71 bits per heavy atom. The average Bonchev–Trinajstić information content (AvgIpc) is 2.97. The van der Waals surface area contributed by atoms with Crippen LogP contribution in [0.15, 0.2) is 48.5 Å². The van der Waals surface area contributed by atoms with Crippen LogP contribution in [-0.2, 0) is 11.2 Å². The van der Waals surface area contributed by atoms with Crippen LogP contribution in [0.3, 0.4) is 0 Å². The van der Waals surface area contributed by atoms with Gasteiger partial charge in [-0.3, -0.25) is 15.0 Å². The molecule has 1 aliphatic heterocycles. The number of hydrazine groups is 1. The summed E-state index contributed by atoms with van der Waals surface area (Å²) in [6, 6.07) is 13.9. The first-order valence-electron chi connectivity index (χ1n) is 10.0. The normalized spacial score (nSPS) is 18.4. The van der Waals surface area contributed by atoms with Crippen LogP contribution in [-0.4, -0.2) is 38.4 Å². The van der Waals surface area contributed by atoms with Crippen molar-refractivity contribution in [2.75, 3.05) is 0 Å². The maximum atomic E-state index is 12.9. The van der Waals surface area contributed by atoms with Gasteiger partial charge in [0.1, 0.15) is 5.54 Å². The van der Waals surface area contributed by atoms with Gasteiger partial charge in [-0.05, 0) is 57.4 Å². The summed E-state index contributed by atoms with van der Waals surface area (Å²) in [6.07, 6.45) is 1.03. The van der Waals surface area contributed by atoms with Crippen molar-refractivity contribution in [1.82, 2.24) is 25.7 Å². The lowest BCUT2D eigenvalue weighted by Gasteiger charge is -2.21. The second-order valence-corrected chi connectivity index (χ2v) is 7.93. The van der Waals surface area contributed by atoms with E-state index in [-0.39, 0.29) is 5.56 Å². The molecule has 1 fully saturated rings. The van der Waals surface area contributed by atoms with Crippen LogP contribution in [0.5, 0.6) is 0 Å². The highest BCUT2D eigenvalue weighted by atomic mass is 16.2. The molecule has 158 valence electrons. The number of aryl methyl sites for hydroxylation is 3. The van der Waals surface area contributed by atoms with E-state index in [0.717, 1.165) is 22.0 Å². The van der Waals surface area contributed by atoms with E-state index in [1.807, 2.05) is 44.2 Å². The zero-order valence-corrected chi connectivity index (χ0v) is 17.6. The molecule has 4 rings (SSSR count). The summed E-state index contributed by atoms with van der Waals surface area (Å²) in [5.41, 5.74) is 5.51. The maximum Gasteiger partial charge on any atom is 0.344 e. The highest BCUT2D eigenvalue weighted by molar-refractivity contribution is 6.09. The Kier molecular flexibility index (Phi) is 5.14. The van der Waals surface area contributed by atoms with Crippen LogP contribution in [0, 0.1) is 13.8 Å². The van der Waals surface area contributed by atoms with Gasteiger partial charge >= 0.3 is 6.03 Å². The van der Waals surface area contributed by atoms with Gasteiger partial charge in [0.25, 0.3) is 11.8 Å². The molecule has 0 aliphatic carbocycles. The summed E-state index contributed by atoms with van der Waals surface area (Å²) in [5, 5.41) is 3.45. The number of urea groups is 1. The SMILES string of the molecule is Cc1nc2ccc(C(=O)NN3C(=O)N[C@](C)(CCc4ccccc4)C3=O)cc2nc1C. The third-order valence-electron chi connectivity index (χ3n) is 5.57. The van der Waals surface area contributed by atoms with Crippen molar-refractivity contribution < 1.29 is 14.4 Å². The molecule has 8 nitrogen and oxygen atoms in total. The minimum atomic E-state index is -1.09. The Bertz CT molecular complexity index is 1190. The first-order valence-corrected chi connectivity index (χ1v) is 10.0. The summed E-state index contributed by atoms with van der Waals surface area (Å²) in [5.74, 6) is -1.06. The summed E-state index contributed by atoms with van der Waals surface area (Å²) in [7, 11) is 0. The van der Waals surface area contributed by atoms with Gasteiger partial charge in [0.05, 0.1) is 22.4 Å². The van der Waals surface area contributed by atoms with Crippen molar-refractivity contribution in [1.29, 1.82) is 0 Å². The molecule has 2 aromatic carbocycles. The highest BCUT2D eigenvalue weighted by Crippen LogP contribution is 2.23. The van der Waals surface area contributed by atoms with Gasteiger partial charge in [0.2, 0.25) is 0 Å². The highest BCUT2D eigenvalue weighted by Gasteiger charge is 2.48. The third-order valence-corrected chi connectivity index (χ3v) is 5.57. The number of carbonyl (C=O) groups is 3. The van der Waals surface area contributed by atoms with Crippen LogP contribution in [0.25, 0.3) is 11.0 Å². The van der Waals surface area contributed by atoms with Gasteiger partial charge in [0, 0.05) is 5.56 Å². The van der Waals surface area contributed by atoms with E-state index in [0.29, 0.717) is 23.9 Å². The fourth-order valence-electron chi connectivity index (χ4n) is 3.53. The van der Waals surface area contributed by atoms with E-state index < -0.39 is 23.4 Å². The van der Waals surface area contributed by atoms with Gasteiger partial charge in [0.15, 0.2) is 0 Å². The molecule has 3 aromatic rings. The van der Waals surface area contributed by atoms with Crippen molar-refractivity contribution in [3.8, 4) is 0 Å². The molecule has 1 saturated heterocycles. The average molecular weight is 417 g/mol. The molecular weight excluding hydrogens is 394 g/mol. The number of hydrogen-bond donors (Lipinski definition) is 2. The first kappa shape index (κ1) is 20.5. The summed E-state index contributed by atoms with van der Waals surface area (Å²) >= 11 is 0. The molecule has 1 atom stereocenters. The minimum absolute atomic E-state index is 0.281. The smallest absolute Gasteiger partial charge is 0.322 e. The number of imide groups is 1. The standard InChI is InChI=1S/C23H23N5O3/c1-14-15(2)25-19-13-17(9-10-18(19)24-14)20(29)27-28-21(30)23(3,26-22(28)31)12-11-16-7-5-4-6-8-16/h4-10,13H,11-12H2,1-3H3,(H,26,31)(H,27,29)/t23-/m1/s1. The number of benzene rings is 2. The fourth-order valence-corrected chi connectivity index (χ4v) is 3.53. The molecule has 0 unspecified atom stereocenters. The molecule has 0 spiro atoms. The van der Waals surface area contributed by atoms with Crippen LogP contribution in [0.2, 0.25) is 0 Å². The Morgan fingerprint density at radius 3 is 2.42 bits per heavy atom. The summed E-state index contributed by atoms with van der Waals surface area (Å²) in [6.45, 7) is 5.38. The Balaban J connectivity index is 1.49. The van der Waals surface area contributed by atoms with Crippen molar-refractivity contribution in [2.45, 2.75) is 39.2 Å². The van der Waals surface area contributed by atoms with Gasteiger partial charge in [-0.2, -0.15) is 5.01 Å². The van der Waals surface area contributed by atoms with Crippen LogP contribution < -0.4 is 10.7 Å². The largest absolute Gasteiger partial charge is 0.344 e. The second-order valence-electron chi connectivity index (χ2n) is 7.93.